The Morgan fingerprint density at radius 2 is 0.521 bits per heavy atom. The predicted molar refractivity (Wildman–Crippen MR) is 479 cm³/mol. The van der Waals surface area contributed by atoms with Crippen molar-refractivity contribution in [3.63, 3.8) is 0 Å². The average Bonchev–Trinajstić information content (AvgIpc) is 1.22. The summed E-state index contributed by atoms with van der Waals surface area (Å²) in [7, 11) is 20.3. The van der Waals surface area contributed by atoms with E-state index < -0.39 is 45.8 Å². The van der Waals surface area contributed by atoms with E-state index in [2.05, 4.69) is 61.2 Å². The Labute approximate surface area is 672 Å². The van der Waals surface area contributed by atoms with E-state index in [0.717, 1.165) is 74.0 Å². The van der Waals surface area contributed by atoms with Crippen molar-refractivity contribution < 1.29 is 41.9 Å². The Bertz CT molecular complexity index is 1560. The van der Waals surface area contributed by atoms with Crippen LogP contribution in [0.4, 0.5) is 0 Å². The topological polar surface area (TPSA) is 116 Å². The van der Waals surface area contributed by atoms with Gasteiger partial charge in [-0.25, -0.2) is 0 Å². The smallest absolute Gasteiger partial charge is 0.399 e. The minimum atomic E-state index is -2.51. The van der Waals surface area contributed by atoms with Crippen LogP contribution in [0, 0.1) is 35.5 Å². The lowest BCUT2D eigenvalue weighted by Gasteiger charge is -2.31. The number of unbranched alkanes of at least 4 members (excludes halogenated alkanes) is 6. The van der Waals surface area contributed by atoms with E-state index >= 15 is 0 Å². The highest BCUT2D eigenvalue weighted by Crippen LogP contribution is 2.46. The molecule has 0 aliphatic carbocycles. The minimum absolute atomic E-state index is 0.0191. The van der Waals surface area contributed by atoms with Gasteiger partial charge in [-0.15, -0.1) is 66.5 Å². The summed E-state index contributed by atoms with van der Waals surface area (Å²) in [4.78, 5) is 0. The first-order valence-electron chi connectivity index (χ1n) is 36.0. The van der Waals surface area contributed by atoms with Crippen molar-refractivity contribution >= 4 is 236 Å². The molecule has 0 rings (SSSR count). The first-order chi connectivity index (χ1) is 45.8. The molecule has 6 unspecified atom stereocenters. The third-order valence-electron chi connectivity index (χ3n) is 17.1. The molecule has 0 saturated carbocycles. The highest BCUT2D eigenvalue weighted by molar-refractivity contribution is 9.27. The highest BCUT2D eigenvalue weighted by Gasteiger charge is 2.43. The molecular formula is C63H138Cl6O9S12Si6. The van der Waals surface area contributed by atoms with Crippen molar-refractivity contribution in [3.8, 4) is 0 Å². The molecule has 0 amide bonds. The molecule has 3 N–H and O–H groups in total. The van der Waals surface area contributed by atoms with Crippen molar-refractivity contribution in [2.24, 2.45) is 35.5 Å². The molecule has 0 radical (unpaired) electrons. The summed E-state index contributed by atoms with van der Waals surface area (Å²) in [5.41, 5.74) is 0. The van der Waals surface area contributed by atoms with Crippen LogP contribution in [0.3, 0.4) is 0 Å². The van der Waals surface area contributed by atoms with Gasteiger partial charge in [-0.05, 0) is 172 Å². The molecule has 0 aromatic carbocycles. The number of rotatable bonds is 69. The molecule has 0 aliphatic rings. The summed E-state index contributed by atoms with van der Waals surface area (Å²) in [6.45, 7) is 29.1. The monoisotopic (exact) mass is 1800 g/mol. The summed E-state index contributed by atoms with van der Waals surface area (Å²) >= 11 is 36.2. The van der Waals surface area contributed by atoms with Crippen LogP contribution in [-0.2, 0) is 26.6 Å². The molecule has 0 bridgehead atoms. The molecule has 0 fully saturated rings. The number of halogens is 6. The molecular weight excluding hydrogens is 1670 g/mol. The average molecular weight is 1810 g/mol. The summed E-state index contributed by atoms with van der Waals surface area (Å²) in [6, 6.07) is 0.840. The second kappa shape index (κ2) is 71.0. The summed E-state index contributed by atoms with van der Waals surface area (Å²) in [6.07, 6.45) is 29.4. The molecule has 0 aromatic rings. The van der Waals surface area contributed by atoms with Gasteiger partial charge in [-0.1, -0.05) is 248 Å². The van der Waals surface area contributed by atoms with Gasteiger partial charge in [0.25, 0.3) is 0 Å². The number of aliphatic hydroxyl groups excluding tert-OH is 3. The Morgan fingerprint density at radius 3 is 0.719 bits per heavy atom. The standard InChI is InChI=1S/C25H56O3S4Si2.C22H50O6S4Si2.C16H32Cl6S4Si2/c1-9-24(22-33(6,7)8)18-14-16-20-29-31-32-30-21-17-15-19-25(10-2)23-34(26-11-3,27-12-4)28-13-5;1-6-21(16-33(18-23,19-24)20-25)12-8-10-14-29-31-32-30-15-11-9-13-22(7-2)17-34(26-3,27-4)28-5;1-3-15(13-27(17,18)19)9-5-7-11-23-25-26-24-12-8-6-10-16(4-2)14-28(20,21)22/h24-25H,9-23H2,1-8H3;21-25H,6-20H2,1-5H3;15-16H,3-14H2,1-2H3. The van der Waals surface area contributed by atoms with E-state index in [9.17, 15) is 15.3 Å². The van der Waals surface area contributed by atoms with Gasteiger partial charge in [0, 0.05) is 115 Å². The predicted octanol–water partition coefficient (Wildman–Crippen LogP) is 27.8. The fourth-order valence-corrected chi connectivity index (χ4v) is 46.2. The molecule has 96 heavy (non-hydrogen) atoms. The molecule has 33 heteroatoms. The van der Waals surface area contributed by atoms with Crippen molar-refractivity contribution in [1.29, 1.82) is 0 Å². The van der Waals surface area contributed by atoms with Crippen molar-refractivity contribution in [1.82, 2.24) is 0 Å². The van der Waals surface area contributed by atoms with Crippen LogP contribution in [-0.4, -0.2) is 155 Å². The molecule has 582 valence electrons. The van der Waals surface area contributed by atoms with E-state index in [-0.39, 0.29) is 18.7 Å². The minimum Gasteiger partial charge on any atom is -0.399 e. The van der Waals surface area contributed by atoms with Gasteiger partial charge in [-0.2, -0.15) is 0 Å². The third-order valence-corrected chi connectivity index (χ3v) is 53.4. The lowest BCUT2D eigenvalue weighted by Crippen LogP contribution is -2.49. The maximum absolute atomic E-state index is 9.60. The van der Waals surface area contributed by atoms with Crippen LogP contribution in [0.25, 0.3) is 0 Å². The first-order valence-corrected chi connectivity index (χ1v) is 72.4. The molecule has 0 saturated heterocycles. The maximum Gasteiger partial charge on any atom is 0.501 e. The fourth-order valence-electron chi connectivity index (χ4n) is 11.2. The van der Waals surface area contributed by atoms with Gasteiger partial charge in [0.1, 0.15) is 8.07 Å². The van der Waals surface area contributed by atoms with Crippen LogP contribution in [0.15, 0.2) is 0 Å². The van der Waals surface area contributed by atoms with E-state index in [1.165, 1.54) is 157 Å². The van der Waals surface area contributed by atoms with E-state index in [0.29, 0.717) is 49.4 Å². The van der Waals surface area contributed by atoms with Crippen molar-refractivity contribution in [2.45, 2.75) is 272 Å². The van der Waals surface area contributed by atoms with Crippen LogP contribution in [0.2, 0.25) is 55.9 Å². The molecule has 9 nitrogen and oxygen atoms in total. The van der Waals surface area contributed by atoms with Gasteiger partial charge >= 0.3 is 29.6 Å². The number of hydrogen-bond acceptors (Lipinski definition) is 21. The van der Waals surface area contributed by atoms with E-state index in [1.807, 2.05) is 144 Å². The Kier molecular flexibility index (Phi) is 79.1. The molecule has 0 aromatic heterocycles. The third kappa shape index (κ3) is 65.6. The van der Waals surface area contributed by atoms with Gasteiger partial charge < -0.3 is 41.9 Å². The zero-order valence-electron chi connectivity index (χ0n) is 62.1. The highest BCUT2D eigenvalue weighted by atomic mass is 35.8. The number of hydrogen-bond donors (Lipinski definition) is 3. The molecule has 0 aliphatic heterocycles. The van der Waals surface area contributed by atoms with Crippen LogP contribution < -0.4 is 0 Å². The van der Waals surface area contributed by atoms with E-state index in [1.54, 1.807) is 21.3 Å². The molecule has 6 atom stereocenters. The zero-order chi connectivity index (χ0) is 72.9. The van der Waals surface area contributed by atoms with Crippen LogP contribution in [0.1, 0.15) is 216 Å². The Balaban J connectivity index is -0.00000136. The van der Waals surface area contributed by atoms with Gasteiger partial charge in [0.05, 0.1) is 0 Å². The normalized spacial score (nSPS) is 14.6. The second-order valence-electron chi connectivity index (χ2n) is 26.2. The summed E-state index contributed by atoms with van der Waals surface area (Å²) in [5, 5.41) is 28.8. The van der Waals surface area contributed by atoms with Gasteiger partial charge in [0.15, 0.2) is 0 Å². The zero-order valence-corrected chi connectivity index (χ0v) is 82.5. The van der Waals surface area contributed by atoms with Crippen molar-refractivity contribution in [2.75, 3.05) is 94.4 Å². The summed E-state index contributed by atoms with van der Waals surface area (Å²) in [5.74, 6) is 11.1. The van der Waals surface area contributed by atoms with Crippen molar-refractivity contribution in [3.05, 3.63) is 0 Å². The lowest BCUT2D eigenvalue weighted by molar-refractivity contribution is 0.0662. The molecule has 0 spiro atoms. The quantitative estimate of drug-likeness (QED) is 0.0232. The lowest BCUT2D eigenvalue weighted by atomic mass is 10.0. The van der Waals surface area contributed by atoms with Gasteiger partial charge in [-0.3, -0.25) is 0 Å². The van der Waals surface area contributed by atoms with Crippen LogP contribution >= 0.6 is 190 Å². The SMILES string of the molecule is CCC(CCCCSSSSCCCCC(CC)C[Si](Cl)(Cl)Cl)C[Si](Cl)(Cl)Cl.CCC(CCCCSSSSCCCCC(CC)C[Si](OC)(OC)OC)C[Si](CO)(CO)CO.CCO[Si](CC(CC)CCCCSSSSCCCCC(CC)C[Si](C)(C)C)(OCC)OCC. The number of aliphatic hydroxyl groups is 3. The second-order valence-corrected chi connectivity index (χ2v) is 78.8. The Morgan fingerprint density at radius 1 is 0.302 bits per heavy atom. The summed E-state index contributed by atoms with van der Waals surface area (Å²) < 4.78 is 35.0. The van der Waals surface area contributed by atoms with Crippen LogP contribution in [0.5, 0.6) is 0 Å². The maximum atomic E-state index is 9.60. The molecule has 0 heterocycles. The first kappa shape index (κ1) is 107. The largest absolute Gasteiger partial charge is 0.501 e. The fraction of sp³-hybridized carbons (Fsp3) is 1.00. The van der Waals surface area contributed by atoms with Gasteiger partial charge in [0.2, 0.25) is 0 Å². The Hall–Kier alpha value is 6.88. The van der Waals surface area contributed by atoms with E-state index in [4.69, 9.17) is 93.0 Å².